The molecule has 4 rings (SSSR count). The number of ether oxygens (including phenoxy) is 1. The summed E-state index contributed by atoms with van der Waals surface area (Å²) in [7, 11) is -3.71. The maximum atomic E-state index is 12.9. The maximum absolute atomic E-state index is 12.9. The van der Waals surface area contributed by atoms with E-state index < -0.39 is 10.0 Å². The van der Waals surface area contributed by atoms with Crippen LogP contribution < -0.4 is 14.8 Å². The molecule has 0 spiro atoms. The first-order chi connectivity index (χ1) is 14.5. The number of benzene rings is 3. The summed E-state index contributed by atoms with van der Waals surface area (Å²) in [5.74, 6) is 0.622. The van der Waals surface area contributed by atoms with Crippen molar-refractivity contribution in [1.29, 1.82) is 0 Å². The van der Waals surface area contributed by atoms with Crippen LogP contribution in [0.3, 0.4) is 0 Å². The summed E-state index contributed by atoms with van der Waals surface area (Å²) in [6.45, 7) is 2.26. The van der Waals surface area contributed by atoms with Crippen LogP contribution >= 0.6 is 28.3 Å². The van der Waals surface area contributed by atoms with Gasteiger partial charge in [0.15, 0.2) is 0 Å². The van der Waals surface area contributed by atoms with E-state index >= 15 is 0 Å². The molecule has 3 aromatic rings. The van der Waals surface area contributed by atoms with Crippen LogP contribution in [0.1, 0.15) is 16.7 Å². The van der Waals surface area contributed by atoms with Crippen LogP contribution in [0.4, 0.5) is 5.69 Å². The van der Waals surface area contributed by atoms with Crippen LogP contribution in [0, 0.1) is 0 Å². The highest BCUT2D eigenvalue weighted by Crippen LogP contribution is 2.30. The van der Waals surface area contributed by atoms with Crippen molar-refractivity contribution in [2.75, 3.05) is 17.8 Å². The summed E-state index contributed by atoms with van der Waals surface area (Å²) in [6, 6.07) is 20.2. The third-order valence-electron chi connectivity index (χ3n) is 5.06. The van der Waals surface area contributed by atoms with Gasteiger partial charge in [0.05, 0.1) is 10.6 Å². The van der Waals surface area contributed by atoms with Crippen LogP contribution in [0.5, 0.6) is 5.75 Å². The van der Waals surface area contributed by atoms with Crippen molar-refractivity contribution in [2.24, 2.45) is 0 Å². The Morgan fingerprint density at radius 1 is 0.935 bits per heavy atom. The fourth-order valence-corrected chi connectivity index (χ4v) is 5.13. The fourth-order valence-electron chi connectivity index (χ4n) is 3.43. The Balaban J connectivity index is 0.00000272. The Kier molecular flexibility index (Phi) is 8.00. The number of rotatable bonds is 6. The molecule has 0 saturated carbocycles. The molecule has 164 valence electrons. The fraction of sp³-hybridized carbons (Fsp3) is 0.217. The first kappa shape index (κ1) is 23.6. The van der Waals surface area contributed by atoms with Gasteiger partial charge in [0.25, 0.3) is 10.0 Å². The predicted molar refractivity (Wildman–Crippen MR) is 130 cm³/mol. The SMILES string of the molecule is Cl.O=S(=O)(Nc1cc2c(cc1Br)CCNCC2)c1ccc(OCc2ccccc2)cc1. The number of hydrogen-bond acceptors (Lipinski definition) is 4. The second kappa shape index (κ2) is 10.5. The van der Waals surface area contributed by atoms with E-state index in [-0.39, 0.29) is 17.3 Å². The van der Waals surface area contributed by atoms with Gasteiger partial charge in [0, 0.05) is 4.47 Å². The number of fused-ring (bicyclic) bond motifs is 1. The molecule has 0 bridgehead atoms. The van der Waals surface area contributed by atoms with Crippen LogP contribution in [0.25, 0.3) is 0 Å². The molecule has 8 heteroatoms. The van der Waals surface area contributed by atoms with Gasteiger partial charge < -0.3 is 10.1 Å². The molecule has 0 atom stereocenters. The van der Waals surface area contributed by atoms with Crippen molar-refractivity contribution in [3.05, 3.63) is 87.9 Å². The zero-order valence-corrected chi connectivity index (χ0v) is 20.0. The Hall–Kier alpha value is -2.06. The van der Waals surface area contributed by atoms with Gasteiger partial charge in [-0.05, 0) is 94.9 Å². The van der Waals surface area contributed by atoms with Crippen molar-refractivity contribution in [3.63, 3.8) is 0 Å². The lowest BCUT2D eigenvalue weighted by atomic mass is 10.0. The number of nitrogens with one attached hydrogen (secondary N) is 2. The van der Waals surface area contributed by atoms with E-state index in [1.165, 1.54) is 11.1 Å². The van der Waals surface area contributed by atoms with Gasteiger partial charge in [-0.3, -0.25) is 4.72 Å². The van der Waals surface area contributed by atoms with Gasteiger partial charge in [-0.2, -0.15) is 0 Å². The van der Waals surface area contributed by atoms with Crippen molar-refractivity contribution < 1.29 is 13.2 Å². The number of anilines is 1. The second-order valence-electron chi connectivity index (χ2n) is 7.20. The maximum Gasteiger partial charge on any atom is 0.261 e. The molecule has 0 saturated heterocycles. The molecule has 0 unspecified atom stereocenters. The zero-order valence-electron chi connectivity index (χ0n) is 16.8. The Morgan fingerprint density at radius 3 is 2.26 bits per heavy atom. The molecule has 5 nitrogen and oxygen atoms in total. The van der Waals surface area contributed by atoms with Gasteiger partial charge in [-0.1, -0.05) is 30.3 Å². The van der Waals surface area contributed by atoms with Crippen molar-refractivity contribution in [3.8, 4) is 5.75 Å². The van der Waals surface area contributed by atoms with Gasteiger partial charge in [-0.25, -0.2) is 8.42 Å². The topological polar surface area (TPSA) is 67.4 Å². The first-order valence-electron chi connectivity index (χ1n) is 9.83. The van der Waals surface area contributed by atoms with E-state index in [0.29, 0.717) is 18.0 Å². The van der Waals surface area contributed by atoms with Crippen LogP contribution in [-0.4, -0.2) is 21.5 Å². The van der Waals surface area contributed by atoms with E-state index in [0.717, 1.165) is 36.0 Å². The average Bonchev–Trinajstić information content (AvgIpc) is 2.98. The predicted octanol–water partition coefficient (Wildman–Crippen LogP) is 4.94. The van der Waals surface area contributed by atoms with Crippen LogP contribution in [-0.2, 0) is 29.5 Å². The molecule has 0 fully saturated rings. The van der Waals surface area contributed by atoms with Gasteiger partial charge >= 0.3 is 0 Å². The first-order valence-corrected chi connectivity index (χ1v) is 12.1. The Morgan fingerprint density at radius 2 is 1.58 bits per heavy atom. The van der Waals surface area contributed by atoms with E-state index in [9.17, 15) is 8.42 Å². The van der Waals surface area contributed by atoms with Crippen molar-refractivity contribution >= 4 is 44.0 Å². The minimum atomic E-state index is -3.71. The molecule has 0 aliphatic carbocycles. The molecular weight excluding hydrogens is 500 g/mol. The molecule has 0 aromatic heterocycles. The van der Waals surface area contributed by atoms with E-state index in [1.807, 2.05) is 42.5 Å². The summed E-state index contributed by atoms with van der Waals surface area (Å²) in [5.41, 5.74) is 4.03. The lowest BCUT2D eigenvalue weighted by Gasteiger charge is -2.14. The molecule has 0 radical (unpaired) electrons. The minimum Gasteiger partial charge on any atom is -0.489 e. The third kappa shape index (κ3) is 6.01. The molecule has 1 aliphatic rings. The average molecular weight is 524 g/mol. The zero-order chi connectivity index (χ0) is 21.0. The van der Waals surface area contributed by atoms with Gasteiger partial charge in [-0.15, -0.1) is 12.4 Å². The second-order valence-corrected chi connectivity index (χ2v) is 9.74. The summed E-state index contributed by atoms with van der Waals surface area (Å²) in [5, 5.41) is 3.37. The van der Waals surface area contributed by atoms with Crippen molar-refractivity contribution in [2.45, 2.75) is 24.3 Å². The largest absolute Gasteiger partial charge is 0.489 e. The summed E-state index contributed by atoms with van der Waals surface area (Å²) in [4.78, 5) is 0.193. The van der Waals surface area contributed by atoms with Crippen molar-refractivity contribution in [1.82, 2.24) is 5.32 Å². The highest BCUT2D eigenvalue weighted by atomic mass is 79.9. The lowest BCUT2D eigenvalue weighted by molar-refractivity contribution is 0.306. The molecule has 3 aromatic carbocycles. The molecular formula is C23H24BrClN2O3S. The number of hydrogen-bond donors (Lipinski definition) is 2. The third-order valence-corrected chi connectivity index (χ3v) is 7.10. The molecule has 31 heavy (non-hydrogen) atoms. The van der Waals surface area contributed by atoms with Gasteiger partial charge in [0.2, 0.25) is 0 Å². The summed E-state index contributed by atoms with van der Waals surface area (Å²) >= 11 is 3.51. The summed E-state index contributed by atoms with van der Waals surface area (Å²) in [6.07, 6.45) is 1.82. The van der Waals surface area contributed by atoms with Gasteiger partial charge in [0.1, 0.15) is 12.4 Å². The molecule has 2 N–H and O–H groups in total. The van der Waals surface area contributed by atoms with Crippen LogP contribution in [0.2, 0.25) is 0 Å². The summed E-state index contributed by atoms with van der Waals surface area (Å²) < 4.78 is 35.0. The smallest absolute Gasteiger partial charge is 0.261 e. The van der Waals surface area contributed by atoms with E-state index in [4.69, 9.17) is 4.74 Å². The monoisotopic (exact) mass is 522 g/mol. The quantitative estimate of drug-likeness (QED) is 0.480. The standard InChI is InChI=1S/C23H23BrN2O3S.ClH/c24-22-14-18-10-12-25-13-11-19(18)15-23(22)26-30(27,28)21-8-6-20(7-9-21)29-16-17-4-2-1-3-5-17;/h1-9,14-15,25-26H,10-13,16H2;1H. The normalized spacial score (nSPS) is 13.5. The Labute approximate surface area is 197 Å². The van der Waals surface area contributed by atoms with Crippen LogP contribution in [0.15, 0.2) is 76.1 Å². The molecule has 1 aliphatic heterocycles. The highest BCUT2D eigenvalue weighted by molar-refractivity contribution is 9.10. The molecule has 1 heterocycles. The lowest BCUT2D eigenvalue weighted by Crippen LogP contribution is -2.16. The Bertz CT molecular complexity index is 1120. The highest BCUT2D eigenvalue weighted by Gasteiger charge is 2.18. The van der Waals surface area contributed by atoms with E-state index in [1.54, 1.807) is 24.3 Å². The number of halogens is 2. The van der Waals surface area contributed by atoms with E-state index in [2.05, 4.69) is 26.0 Å². The molecule has 0 amide bonds. The number of sulfonamides is 1. The minimum absolute atomic E-state index is 0.